The van der Waals surface area contributed by atoms with E-state index in [1.807, 2.05) is 12.1 Å². The molecule has 2 aromatic carbocycles. The van der Waals surface area contributed by atoms with Crippen molar-refractivity contribution in [3.05, 3.63) is 64.1 Å². The van der Waals surface area contributed by atoms with E-state index in [1.54, 1.807) is 43.3 Å². The topological polar surface area (TPSA) is 77.0 Å². The Hall–Kier alpha value is -2.67. The molecule has 25 heavy (non-hydrogen) atoms. The number of benzene rings is 2. The summed E-state index contributed by atoms with van der Waals surface area (Å²) in [5.74, 6) is -0.316. The molecular formula is C18H17BrN2O4. The standard InChI is InChI=1S/C18H17BrN2O4/c1-12(25-15-8-5-7-14(19)10-15)17(22)21-20-11-13-6-3-4-9-16(13)18(23)24-2/h3-12H,1-2H3,(H,21,22)/b20-11-/t12-/m1/s1. The lowest BCUT2D eigenvalue weighted by Gasteiger charge is -2.13. The molecule has 2 rings (SSSR count). The van der Waals surface area contributed by atoms with Gasteiger partial charge in [0.1, 0.15) is 5.75 Å². The lowest BCUT2D eigenvalue weighted by molar-refractivity contribution is -0.127. The van der Waals surface area contributed by atoms with E-state index in [2.05, 4.69) is 26.5 Å². The first-order valence-corrected chi connectivity index (χ1v) is 8.23. The Bertz CT molecular complexity index is 792. The molecule has 7 heteroatoms. The highest BCUT2D eigenvalue weighted by Crippen LogP contribution is 2.18. The van der Waals surface area contributed by atoms with E-state index in [1.165, 1.54) is 13.3 Å². The molecule has 0 radical (unpaired) electrons. The molecule has 1 amide bonds. The minimum atomic E-state index is -0.734. The maximum Gasteiger partial charge on any atom is 0.338 e. The third-order valence-corrected chi connectivity index (χ3v) is 3.72. The fourth-order valence-electron chi connectivity index (χ4n) is 1.96. The van der Waals surface area contributed by atoms with Crippen LogP contribution in [0.2, 0.25) is 0 Å². The van der Waals surface area contributed by atoms with Gasteiger partial charge in [-0.2, -0.15) is 5.10 Å². The van der Waals surface area contributed by atoms with Crippen LogP contribution in [0.15, 0.2) is 58.1 Å². The van der Waals surface area contributed by atoms with Gasteiger partial charge in [-0.15, -0.1) is 0 Å². The summed E-state index contributed by atoms with van der Waals surface area (Å²) in [7, 11) is 1.30. The third kappa shape index (κ3) is 5.42. The molecule has 130 valence electrons. The van der Waals surface area contributed by atoms with Gasteiger partial charge >= 0.3 is 5.97 Å². The molecule has 0 bridgehead atoms. The average Bonchev–Trinajstić information content (AvgIpc) is 2.61. The maximum atomic E-state index is 12.0. The first-order valence-electron chi connectivity index (χ1n) is 7.43. The molecule has 0 saturated heterocycles. The van der Waals surface area contributed by atoms with Crippen molar-refractivity contribution in [2.24, 2.45) is 5.10 Å². The summed E-state index contributed by atoms with van der Waals surface area (Å²) in [6.45, 7) is 1.62. The number of rotatable bonds is 6. The molecule has 0 heterocycles. The number of esters is 1. The number of amides is 1. The van der Waals surface area contributed by atoms with Crippen LogP contribution in [0.3, 0.4) is 0 Å². The van der Waals surface area contributed by atoms with Crippen LogP contribution in [0, 0.1) is 0 Å². The minimum absolute atomic E-state index is 0.362. The SMILES string of the molecule is COC(=O)c1ccccc1/C=N\NC(=O)[C@@H](C)Oc1cccc(Br)c1. The summed E-state index contributed by atoms with van der Waals surface area (Å²) in [5.41, 5.74) is 3.29. The smallest absolute Gasteiger partial charge is 0.338 e. The van der Waals surface area contributed by atoms with Gasteiger partial charge in [-0.3, -0.25) is 4.79 Å². The van der Waals surface area contributed by atoms with Gasteiger partial charge in [0.05, 0.1) is 18.9 Å². The largest absolute Gasteiger partial charge is 0.481 e. The van der Waals surface area contributed by atoms with Gasteiger partial charge in [0.25, 0.3) is 5.91 Å². The number of hydrogen-bond acceptors (Lipinski definition) is 5. The average molecular weight is 405 g/mol. The molecule has 6 nitrogen and oxygen atoms in total. The molecule has 1 N–H and O–H groups in total. The number of hydrazone groups is 1. The number of carbonyl (C=O) groups excluding carboxylic acids is 2. The van der Waals surface area contributed by atoms with Crippen LogP contribution in [0.4, 0.5) is 0 Å². The van der Waals surface area contributed by atoms with Crippen molar-refractivity contribution in [3.63, 3.8) is 0 Å². The Balaban J connectivity index is 1.97. The fourth-order valence-corrected chi connectivity index (χ4v) is 2.34. The van der Waals surface area contributed by atoms with Crippen molar-refractivity contribution in [3.8, 4) is 5.75 Å². The van der Waals surface area contributed by atoms with E-state index < -0.39 is 18.0 Å². The molecular weight excluding hydrogens is 388 g/mol. The van der Waals surface area contributed by atoms with Crippen LogP contribution in [0.1, 0.15) is 22.8 Å². The lowest BCUT2D eigenvalue weighted by Crippen LogP contribution is -2.33. The fraction of sp³-hybridized carbons (Fsp3) is 0.167. The number of ether oxygens (including phenoxy) is 2. The van der Waals surface area contributed by atoms with Crippen molar-refractivity contribution in [1.82, 2.24) is 5.43 Å². The highest BCUT2D eigenvalue weighted by molar-refractivity contribution is 9.10. The normalized spacial score (nSPS) is 11.8. The molecule has 2 aromatic rings. The van der Waals surface area contributed by atoms with Gasteiger partial charge in [-0.25, -0.2) is 10.2 Å². The zero-order valence-electron chi connectivity index (χ0n) is 13.7. The summed E-state index contributed by atoms with van der Waals surface area (Å²) < 4.78 is 11.1. The number of carbonyl (C=O) groups is 2. The summed E-state index contributed by atoms with van der Waals surface area (Å²) in [4.78, 5) is 23.7. The predicted octanol–water partition coefficient (Wildman–Crippen LogP) is 3.15. The third-order valence-electron chi connectivity index (χ3n) is 3.22. The van der Waals surface area contributed by atoms with E-state index in [4.69, 9.17) is 9.47 Å². The molecule has 0 spiro atoms. The van der Waals surface area contributed by atoms with E-state index in [0.29, 0.717) is 16.9 Å². The van der Waals surface area contributed by atoms with Crippen LogP contribution >= 0.6 is 15.9 Å². The van der Waals surface area contributed by atoms with Gasteiger partial charge in [-0.05, 0) is 31.2 Å². The molecule has 0 fully saturated rings. The minimum Gasteiger partial charge on any atom is -0.481 e. The van der Waals surface area contributed by atoms with Crippen LogP contribution < -0.4 is 10.2 Å². The molecule has 0 unspecified atom stereocenters. The molecule has 0 aliphatic rings. The Morgan fingerprint density at radius 1 is 1.20 bits per heavy atom. The zero-order valence-corrected chi connectivity index (χ0v) is 15.3. The molecule has 0 aliphatic carbocycles. The first-order chi connectivity index (χ1) is 12.0. The van der Waals surface area contributed by atoms with E-state index in [-0.39, 0.29) is 0 Å². The number of methoxy groups -OCH3 is 1. The van der Waals surface area contributed by atoms with Crippen molar-refractivity contribution in [2.75, 3.05) is 7.11 Å². The Morgan fingerprint density at radius 3 is 2.68 bits per heavy atom. The maximum absolute atomic E-state index is 12.0. The highest BCUT2D eigenvalue weighted by Gasteiger charge is 2.14. The van der Waals surface area contributed by atoms with Crippen LogP contribution in [0.25, 0.3) is 0 Å². The van der Waals surface area contributed by atoms with E-state index in [9.17, 15) is 9.59 Å². The zero-order chi connectivity index (χ0) is 18.2. The summed E-state index contributed by atoms with van der Waals surface area (Å²) in [6, 6.07) is 14.0. The van der Waals surface area contributed by atoms with Crippen molar-refractivity contribution in [1.29, 1.82) is 0 Å². The van der Waals surface area contributed by atoms with Gasteiger partial charge in [0.15, 0.2) is 6.10 Å². The molecule has 0 saturated carbocycles. The molecule has 0 aliphatic heterocycles. The number of nitrogens with zero attached hydrogens (tertiary/aromatic N) is 1. The Morgan fingerprint density at radius 2 is 1.96 bits per heavy atom. The van der Waals surface area contributed by atoms with Crippen LogP contribution in [0.5, 0.6) is 5.75 Å². The van der Waals surface area contributed by atoms with Gasteiger partial charge < -0.3 is 9.47 Å². The summed E-state index contributed by atoms with van der Waals surface area (Å²) in [5, 5.41) is 3.88. The Kier molecular flexibility index (Phi) is 6.71. The number of hydrogen-bond donors (Lipinski definition) is 1. The second-order valence-electron chi connectivity index (χ2n) is 5.03. The van der Waals surface area contributed by atoms with Crippen molar-refractivity contribution in [2.45, 2.75) is 13.0 Å². The Labute approximate surface area is 154 Å². The van der Waals surface area contributed by atoms with Gasteiger partial charge in [-0.1, -0.05) is 40.2 Å². The number of halogens is 1. The second kappa shape index (κ2) is 8.98. The first kappa shape index (κ1) is 18.7. The van der Waals surface area contributed by atoms with Gasteiger partial charge in [0.2, 0.25) is 0 Å². The number of nitrogens with one attached hydrogen (secondary N) is 1. The second-order valence-corrected chi connectivity index (χ2v) is 5.95. The van der Waals surface area contributed by atoms with Crippen molar-refractivity contribution >= 4 is 34.0 Å². The molecule has 0 aromatic heterocycles. The molecule has 1 atom stereocenters. The lowest BCUT2D eigenvalue weighted by atomic mass is 10.1. The quantitative estimate of drug-likeness (QED) is 0.455. The van der Waals surface area contributed by atoms with E-state index >= 15 is 0 Å². The monoisotopic (exact) mass is 404 g/mol. The van der Waals surface area contributed by atoms with Crippen molar-refractivity contribution < 1.29 is 19.1 Å². The van der Waals surface area contributed by atoms with Gasteiger partial charge in [0, 0.05) is 10.0 Å². The van der Waals surface area contributed by atoms with Crippen LogP contribution in [-0.2, 0) is 9.53 Å². The summed E-state index contributed by atoms with van der Waals surface area (Å²) in [6.07, 6.45) is 0.651. The van der Waals surface area contributed by atoms with E-state index in [0.717, 1.165) is 4.47 Å². The summed E-state index contributed by atoms with van der Waals surface area (Å²) >= 11 is 3.34. The predicted molar refractivity (Wildman–Crippen MR) is 97.8 cm³/mol. The highest BCUT2D eigenvalue weighted by atomic mass is 79.9. The van der Waals surface area contributed by atoms with Crippen LogP contribution in [-0.4, -0.2) is 31.3 Å².